The molecule has 0 radical (unpaired) electrons. The van der Waals surface area contributed by atoms with Gasteiger partial charge in [0.05, 0.1) is 19.3 Å². The molecule has 2 N–H and O–H groups in total. The van der Waals surface area contributed by atoms with Gasteiger partial charge < -0.3 is 14.9 Å². The summed E-state index contributed by atoms with van der Waals surface area (Å²) in [5, 5.41) is 21.7. The Bertz CT molecular complexity index is 712. The van der Waals surface area contributed by atoms with Gasteiger partial charge in [0.15, 0.2) is 0 Å². The van der Waals surface area contributed by atoms with E-state index in [9.17, 15) is 15.0 Å². The van der Waals surface area contributed by atoms with E-state index in [0.717, 1.165) is 32.1 Å². The second-order valence-electron chi connectivity index (χ2n) is 10.8. The average molecular weight is 403 g/mol. The number of allylic oxidation sites excluding steroid dienone is 3. The highest BCUT2D eigenvalue weighted by Gasteiger charge is 2.61. The van der Waals surface area contributed by atoms with Crippen molar-refractivity contribution in [3.05, 3.63) is 23.8 Å². The third kappa shape index (κ3) is 3.31. The number of carbonyl (C=O) groups is 1. The quantitative estimate of drug-likeness (QED) is 0.420. The van der Waals surface area contributed by atoms with Gasteiger partial charge in [0.25, 0.3) is 0 Å². The van der Waals surface area contributed by atoms with Crippen LogP contribution >= 0.6 is 0 Å². The zero-order valence-electron chi connectivity index (χ0n) is 18.4. The molecular formula is C25H38O4. The van der Waals surface area contributed by atoms with Crippen molar-refractivity contribution >= 4 is 5.97 Å². The van der Waals surface area contributed by atoms with Crippen LogP contribution in [0.1, 0.15) is 65.7 Å². The molecule has 0 aliphatic heterocycles. The fourth-order valence-electron chi connectivity index (χ4n) is 8.06. The van der Waals surface area contributed by atoms with Gasteiger partial charge in [-0.3, -0.25) is 0 Å². The van der Waals surface area contributed by atoms with Gasteiger partial charge in [-0.2, -0.15) is 0 Å². The van der Waals surface area contributed by atoms with Crippen molar-refractivity contribution in [3.63, 3.8) is 0 Å². The molecule has 0 saturated heterocycles. The van der Waals surface area contributed by atoms with E-state index in [0.29, 0.717) is 23.7 Å². The van der Waals surface area contributed by atoms with E-state index in [1.54, 1.807) is 0 Å². The lowest BCUT2D eigenvalue weighted by Gasteiger charge is -2.62. The molecule has 4 rings (SSSR count). The van der Waals surface area contributed by atoms with Crippen LogP contribution < -0.4 is 0 Å². The highest BCUT2D eigenvalue weighted by Crippen LogP contribution is 2.66. The summed E-state index contributed by atoms with van der Waals surface area (Å²) in [4.78, 5) is 11.5. The minimum atomic E-state index is -0.313. The van der Waals surface area contributed by atoms with Crippen LogP contribution in [0.4, 0.5) is 0 Å². The van der Waals surface area contributed by atoms with Crippen molar-refractivity contribution in [1.82, 2.24) is 0 Å². The normalized spacial score (nSPS) is 47.7. The monoisotopic (exact) mass is 402 g/mol. The van der Waals surface area contributed by atoms with Crippen LogP contribution in [0, 0.1) is 40.4 Å². The summed E-state index contributed by atoms with van der Waals surface area (Å²) < 4.78 is 4.75. The molecule has 0 bridgehead atoms. The number of methoxy groups -OCH3 is 1. The summed E-state index contributed by atoms with van der Waals surface area (Å²) in [6, 6.07) is 0. The SMILES string of the molecule is COC(=O)/C=C/[C@@H](C)C1=CC[C@H]2[C@@H]3CC[C@H]4C[C@@H](O)CC[C@]4(C)[C@H]3[C@@H](O)C[C@]12C. The van der Waals surface area contributed by atoms with Crippen LogP contribution in [-0.4, -0.2) is 35.5 Å². The number of rotatable bonds is 3. The number of aliphatic hydroxyl groups excluding tert-OH is 2. The Morgan fingerprint density at radius 2 is 2.03 bits per heavy atom. The molecule has 0 aromatic heterocycles. The van der Waals surface area contributed by atoms with Crippen LogP contribution in [0.3, 0.4) is 0 Å². The molecule has 9 atom stereocenters. The third-order valence-corrected chi connectivity index (χ3v) is 9.42. The van der Waals surface area contributed by atoms with Gasteiger partial charge in [0.2, 0.25) is 0 Å². The molecule has 0 amide bonds. The van der Waals surface area contributed by atoms with Crippen LogP contribution in [0.2, 0.25) is 0 Å². The second kappa shape index (κ2) is 7.53. The molecular weight excluding hydrogens is 364 g/mol. The van der Waals surface area contributed by atoms with Gasteiger partial charge in [-0.05, 0) is 85.4 Å². The van der Waals surface area contributed by atoms with Gasteiger partial charge in [0.1, 0.15) is 0 Å². The Kier molecular flexibility index (Phi) is 5.48. The predicted octanol–water partition coefficient (Wildman–Crippen LogP) is 4.26. The lowest BCUT2D eigenvalue weighted by atomic mass is 9.43. The zero-order chi connectivity index (χ0) is 21.0. The second-order valence-corrected chi connectivity index (χ2v) is 10.8. The summed E-state index contributed by atoms with van der Waals surface area (Å²) in [5.41, 5.74) is 1.53. The van der Waals surface area contributed by atoms with Crippen LogP contribution in [-0.2, 0) is 9.53 Å². The maximum atomic E-state index is 11.5. The molecule has 162 valence electrons. The summed E-state index contributed by atoms with van der Waals surface area (Å²) >= 11 is 0. The molecule has 3 fully saturated rings. The first-order valence-corrected chi connectivity index (χ1v) is 11.5. The summed E-state index contributed by atoms with van der Waals surface area (Å²) in [5.74, 6) is 1.87. The van der Waals surface area contributed by atoms with Gasteiger partial charge in [-0.1, -0.05) is 38.5 Å². The fraction of sp³-hybridized carbons (Fsp3) is 0.800. The number of fused-ring (bicyclic) bond motifs is 5. The van der Waals surface area contributed by atoms with E-state index >= 15 is 0 Å². The first-order valence-electron chi connectivity index (χ1n) is 11.5. The van der Waals surface area contributed by atoms with Gasteiger partial charge in [0, 0.05) is 6.08 Å². The van der Waals surface area contributed by atoms with Gasteiger partial charge in [-0.15, -0.1) is 0 Å². The number of aliphatic hydroxyl groups is 2. The summed E-state index contributed by atoms with van der Waals surface area (Å²) in [6.07, 6.45) is 12.5. The maximum Gasteiger partial charge on any atom is 0.330 e. The smallest absolute Gasteiger partial charge is 0.330 e. The first-order chi connectivity index (χ1) is 13.7. The van der Waals surface area contributed by atoms with E-state index < -0.39 is 0 Å². The fourth-order valence-corrected chi connectivity index (χ4v) is 8.06. The molecule has 3 saturated carbocycles. The van der Waals surface area contributed by atoms with Crippen molar-refractivity contribution in [3.8, 4) is 0 Å². The topological polar surface area (TPSA) is 66.8 Å². The minimum Gasteiger partial charge on any atom is -0.466 e. The predicted molar refractivity (Wildman–Crippen MR) is 113 cm³/mol. The van der Waals surface area contributed by atoms with E-state index in [2.05, 4.69) is 26.8 Å². The van der Waals surface area contributed by atoms with Crippen molar-refractivity contribution in [2.24, 2.45) is 40.4 Å². The van der Waals surface area contributed by atoms with Crippen LogP contribution in [0.15, 0.2) is 23.8 Å². The van der Waals surface area contributed by atoms with Gasteiger partial charge in [-0.25, -0.2) is 4.79 Å². The lowest BCUT2D eigenvalue weighted by Crippen LogP contribution is -2.59. The average Bonchev–Trinajstić information content (AvgIpc) is 3.02. The number of ether oxygens (including phenoxy) is 1. The lowest BCUT2D eigenvalue weighted by molar-refractivity contribution is -0.168. The molecule has 0 unspecified atom stereocenters. The summed E-state index contributed by atoms with van der Waals surface area (Å²) in [6.45, 7) is 6.90. The number of esters is 1. The largest absolute Gasteiger partial charge is 0.466 e. The van der Waals surface area contributed by atoms with E-state index in [1.165, 1.54) is 31.6 Å². The Morgan fingerprint density at radius 1 is 1.28 bits per heavy atom. The zero-order valence-corrected chi connectivity index (χ0v) is 18.4. The highest BCUT2D eigenvalue weighted by molar-refractivity contribution is 5.81. The molecule has 0 spiro atoms. The van der Waals surface area contributed by atoms with E-state index in [4.69, 9.17) is 4.74 Å². The van der Waals surface area contributed by atoms with E-state index in [1.807, 2.05) is 6.08 Å². The van der Waals surface area contributed by atoms with Crippen LogP contribution in [0.25, 0.3) is 0 Å². The Morgan fingerprint density at radius 3 is 2.76 bits per heavy atom. The Hall–Kier alpha value is -1.13. The molecule has 4 nitrogen and oxygen atoms in total. The number of carbonyl (C=O) groups excluding carboxylic acids is 1. The van der Waals surface area contributed by atoms with Crippen molar-refractivity contribution in [1.29, 1.82) is 0 Å². The maximum absolute atomic E-state index is 11.5. The first kappa shape index (κ1) is 21.1. The molecule has 4 heteroatoms. The Balaban J connectivity index is 1.58. The standard InChI is InChI=1S/C25H38O4/c1-15(5-10-22(28)29-4)19-8-9-20-18-7-6-16-13-17(26)11-12-24(16,2)23(18)21(27)14-25(19,20)3/h5,8,10,15-18,20-21,23,26-27H,6-7,9,11-14H2,1-4H3/b10-5+/t15-,16+,17+,18+,20+,21+,23-,24+,25-/m1/s1. The van der Waals surface area contributed by atoms with E-state index in [-0.39, 0.29) is 34.9 Å². The summed E-state index contributed by atoms with van der Waals surface area (Å²) in [7, 11) is 1.41. The molecule has 4 aliphatic carbocycles. The van der Waals surface area contributed by atoms with Crippen molar-refractivity contribution in [2.75, 3.05) is 7.11 Å². The Labute approximate surface area is 175 Å². The van der Waals surface area contributed by atoms with Crippen molar-refractivity contribution in [2.45, 2.75) is 77.9 Å². The molecule has 0 aromatic carbocycles. The van der Waals surface area contributed by atoms with Gasteiger partial charge >= 0.3 is 5.97 Å². The molecule has 0 heterocycles. The number of hydrogen-bond donors (Lipinski definition) is 2. The van der Waals surface area contributed by atoms with Crippen LogP contribution in [0.5, 0.6) is 0 Å². The molecule has 0 aromatic rings. The number of hydrogen-bond acceptors (Lipinski definition) is 4. The molecule has 4 aliphatic rings. The highest BCUT2D eigenvalue weighted by atomic mass is 16.5. The minimum absolute atomic E-state index is 0.00215. The third-order valence-electron chi connectivity index (χ3n) is 9.42. The van der Waals surface area contributed by atoms with Crippen molar-refractivity contribution < 1.29 is 19.7 Å². The molecule has 29 heavy (non-hydrogen) atoms.